The molecule has 27 heavy (non-hydrogen) atoms. The van der Waals surface area contributed by atoms with Crippen molar-refractivity contribution in [3.63, 3.8) is 0 Å². The Bertz CT molecular complexity index is 1050. The lowest BCUT2D eigenvalue weighted by Crippen LogP contribution is -2.29. The molecule has 0 bridgehead atoms. The molecule has 2 aromatic carbocycles. The van der Waals surface area contributed by atoms with Gasteiger partial charge in [-0.25, -0.2) is 4.98 Å². The Morgan fingerprint density at radius 2 is 2.07 bits per heavy atom. The number of phenolic OH excluding ortho intramolecular Hbond substituents is 1. The van der Waals surface area contributed by atoms with Crippen LogP contribution in [-0.2, 0) is 9.59 Å². The van der Waals surface area contributed by atoms with Crippen LogP contribution in [0.15, 0.2) is 42.7 Å². The quantitative estimate of drug-likeness (QED) is 0.653. The van der Waals surface area contributed by atoms with Gasteiger partial charge in [0.25, 0.3) is 5.91 Å². The third-order valence-corrected chi connectivity index (χ3v) is 5.69. The minimum Gasteiger partial charge on any atom is -0.508 e. The second kappa shape index (κ2) is 6.90. The van der Waals surface area contributed by atoms with Crippen molar-refractivity contribution in [3.05, 3.63) is 53.3 Å². The zero-order valence-corrected chi connectivity index (χ0v) is 15.9. The number of nitrogens with one attached hydrogen (secondary N) is 1. The molecule has 2 atom stereocenters. The number of anilines is 1. The Morgan fingerprint density at radius 1 is 1.26 bits per heavy atom. The van der Waals surface area contributed by atoms with E-state index in [0.717, 1.165) is 11.0 Å². The van der Waals surface area contributed by atoms with Crippen LogP contribution < -0.4 is 4.90 Å². The van der Waals surface area contributed by atoms with Crippen LogP contribution in [0, 0.1) is 5.92 Å². The molecule has 1 aromatic heterocycles. The molecule has 0 aliphatic carbocycles. The van der Waals surface area contributed by atoms with Crippen LogP contribution in [0.5, 0.6) is 5.75 Å². The summed E-state index contributed by atoms with van der Waals surface area (Å²) in [6, 6.07) is 9.36. The third-order valence-electron chi connectivity index (χ3n) is 4.76. The van der Waals surface area contributed by atoms with Crippen molar-refractivity contribution in [1.29, 1.82) is 0 Å². The summed E-state index contributed by atoms with van der Waals surface area (Å²) < 4.78 is 0. The summed E-state index contributed by atoms with van der Waals surface area (Å²) >= 11 is 7.62. The summed E-state index contributed by atoms with van der Waals surface area (Å²) in [6.45, 7) is 0. The number of phenols is 1. The lowest BCUT2D eigenvalue weighted by atomic mass is 9.93. The number of hydrogen-bond acceptors (Lipinski definition) is 5. The van der Waals surface area contributed by atoms with E-state index in [4.69, 9.17) is 11.6 Å². The number of rotatable bonds is 4. The Kier molecular flexibility index (Phi) is 4.57. The first-order valence-corrected chi connectivity index (χ1v) is 10.1. The third kappa shape index (κ3) is 2.96. The number of ketones is 1. The van der Waals surface area contributed by atoms with Gasteiger partial charge in [0, 0.05) is 22.0 Å². The van der Waals surface area contributed by atoms with Crippen molar-refractivity contribution >= 4 is 51.8 Å². The van der Waals surface area contributed by atoms with Gasteiger partial charge in [0.05, 0.1) is 29.3 Å². The number of fused-ring (bicyclic) bond motifs is 1. The minimum absolute atomic E-state index is 0.00521. The highest BCUT2D eigenvalue weighted by atomic mass is 35.5. The van der Waals surface area contributed by atoms with Crippen LogP contribution >= 0.6 is 23.4 Å². The Labute approximate surface area is 164 Å². The van der Waals surface area contributed by atoms with Crippen LogP contribution in [0.1, 0.15) is 11.6 Å². The van der Waals surface area contributed by atoms with Gasteiger partial charge in [0.1, 0.15) is 5.75 Å². The lowest BCUT2D eigenvalue weighted by Gasteiger charge is -2.28. The van der Waals surface area contributed by atoms with Crippen molar-refractivity contribution in [2.45, 2.75) is 6.04 Å². The number of aromatic hydroxyl groups is 1. The van der Waals surface area contributed by atoms with E-state index in [2.05, 4.69) is 9.97 Å². The van der Waals surface area contributed by atoms with E-state index in [-0.39, 0.29) is 5.75 Å². The molecule has 3 aromatic rings. The summed E-state index contributed by atoms with van der Waals surface area (Å²) in [7, 11) is 0. The van der Waals surface area contributed by atoms with E-state index in [0.29, 0.717) is 22.0 Å². The van der Waals surface area contributed by atoms with Gasteiger partial charge in [-0.15, -0.1) is 0 Å². The standard InChI is InChI=1S/C19H16ClN3O3S/c1-27-8-13-17(12-6-10(20)2-5-16(12)24)23(19(26)18(13)25)11-3-4-14-15(7-11)22-9-21-14/h2-7,9,13,17,24H,8H2,1H3,(H,21,22). The number of Topliss-reactive ketones (excluding diaryl/α,β-unsaturated/α-hetero) is 1. The van der Waals surface area contributed by atoms with Gasteiger partial charge in [0.15, 0.2) is 0 Å². The first-order chi connectivity index (χ1) is 13.0. The van der Waals surface area contributed by atoms with Gasteiger partial charge in [0.2, 0.25) is 5.78 Å². The molecule has 1 amide bonds. The molecule has 1 aliphatic heterocycles. The molecule has 6 nitrogen and oxygen atoms in total. The minimum atomic E-state index is -0.628. The molecule has 0 saturated carbocycles. The Balaban J connectivity index is 1.89. The average molecular weight is 402 g/mol. The van der Waals surface area contributed by atoms with Crippen molar-refractivity contribution in [1.82, 2.24) is 9.97 Å². The van der Waals surface area contributed by atoms with Gasteiger partial charge in [-0.3, -0.25) is 14.5 Å². The van der Waals surface area contributed by atoms with E-state index < -0.39 is 23.7 Å². The molecule has 1 fully saturated rings. The zero-order valence-electron chi connectivity index (χ0n) is 14.3. The first-order valence-electron chi connectivity index (χ1n) is 8.29. The monoisotopic (exact) mass is 401 g/mol. The average Bonchev–Trinajstić information content (AvgIpc) is 3.21. The molecule has 1 aliphatic rings. The molecule has 0 spiro atoms. The molecule has 0 radical (unpaired) electrons. The van der Waals surface area contributed by atoms with Gasteiger partial charge in [-0.05, 0) is 42.7 Å². The number of imidazole rings is 1. The van der Waals surface area contributed by atoms with Crippen LogP contribution in [0.2, 0.25) is 5.02 Å². The van der Waals surface area contributed by atoms with Gasteiger partial charge < -0.3 is 10.1 Å². The number of nitrogens with zero attached hydrogens (tertiary/aromatic N) is 2. The number of aromatic nitrogens is 2. The summed E-state index contributed by atoms with van der Waals surface area (Å²) in [6.07, 6.45) is 3.45. The molecule has 4 rings (SSSR count). The van der Waals surface area contributed by atoms with Crippen molar-refractivity contribution < 1.29 is 14.7 Å². The van der Waals surface area contributed by atoms with E-state index in [1.165, 1.54) is 22.7 Å². The predicted octanol–water partition coefficient (Wildman–Crippen LogP) is 3.56. The SMILES string of the molecule is CSCC1C(=O)C(=O)N(c2ccc3nc[nH]c3c2)C1c1cc(Cl)ccc1O. The van der Waals surface area contributed by atoms with Gasteiger partial charge >= 0.3 is 0 Å². The Morgan fingerprint density at radius 3 is 2.85 bits per heavy atom. The second-order valence-corrected chi connectivity index (χ2v) is 7.70. The maximum Gasteiger partial charge on any atom is 0.295 e. The molecular weight excluding hydrogens is 386 g/mol. The van der Waals surface area contributed by atoms with E-state index >= 15 is 0 Å². The molecular formula is C19H16ClN3O3S. The van der Waals surface area contributed by atoms with Crippen LogP contribution in [0.3, 0.4) is 0 Å². The number of carbonyl (C=O) groups is 2. The lowest BCUT2D eigenvalue weighted by molar-refractivity contribution is -0.135. The summed E-state index contributed by atoms with van der Waals surface area (Å²) in [5, 5.41) is 10.9. The molecule has 138 valence electrons. The smallest absolute Gasteiger partial charge is 0.295 e. The largest absolute Gasteiger partial charge is 0.508 e. The maximum absolute atomic E-state index is 12.9. The van der Waals surface area contributed by atoms with Crippen molar-refractivity contribution in [2.24, 2.45) is 5.92 Å². The van der Waals surface area contributed by atoms with E-state index in [1.807, 2.05) is 6.26 Å². The highest BCUT2D eigenvalue weighted by molar-refractivity contribution is 7.98. The normalized spacial score (nSPS) is 20.0. The summed E-state index contributed by atoms with van der Waals surface area (Å²) in [4.78, 5) is 34.3. The Hall–Kier alpha value is -2.51. The number of amides is 1. The molecule has 2 N–H and O–H groups in total. The molecule has 2 unspecified atom stereocenters. The zero-order chi connectivity index (χ0) is 19.1. The second-order valence-electron chi connectivity index (χ2n) is 6.35. The molecule has 2 heterocycles. The molecule has 8 heteroatoms. The topological polar surface area (TPSA) is 86.3 Å². The number of H-pyrrole nitrogens is 1. The van der Waals surface area contributed by atoms with Crippen LogP contribution in [-0.4, -0.2) is 38.8 Å². The predicted molar refractivity (Wildman–Crippen MR) is 106 cm³/mol. The van der Waals surface area contributed by atoms with Gasteiger partial charge in [-0.2, -0.15) is 11.8 Å². The fourth-order valence-electron chi connectivity index (χ4n) is 3.54. The fraction of sp³-hybridized carbons (Fsp3) is 0.211. The summed E-state index contributed by atoms with van der Waals surface area (Å²) in [5.74, 6) is -1.15. The van der Waals surface area contributed by atoms with Crippen LogP contribution in [0.25, 0.3) is 11.0 Å². The number of hydrogen-bond donors (Lipinski definition) is 2. The number of thioether (sulfide) groups is 1. The number of halogens is 1. The van der Waals surface area contributed by atoms with Crippen molar-refractivity contribution in [3.8, 4) is 5.75 Å². The highest BCUT2D eigenvalue weighted by Gasteiger charge is 2.49. The van der Waals surface area contributed by atoms with Crippen molar-refractivity contribution in [2.75, 3.05) is 16.9 Å². The molecule has 1 saturated heterocycles. The number of carbonyl (C=O) groups excluding carboxylic acids is 2. The maximum atomic E-state index is 12.9. The first kappa shape index (κ1) is 17.9. The fourth-order valence-corrected chi connectivity index (χ4v) is 4.42. The van der Waals surface area contributed by atoms with Crippen LogP contribution in [0.4, 0.5) is 5.69 Å². The highest BCUT2D eigenvalue weighted by Crippen LogP contribution is 2.44. The summed E-state index contributed by atoms with van der Waals surface area (Å²) in [5.41, 5.74) is 2.55. The van der Waals surface area contributed by atoms with E-state index in [9.17, 15) is 14.7 Å². The van der Waals surface area contributed by atoms with E-state index in [1.54, 1.807) is 36.7 Å². The number of benzene rings is 2. The number of aromatic amines is 1. The van der Waals surface area contributed by atoms with Gasteiger partial charge in [-0.1, -0.05) is 11.6 Å².